The predicted octanol–water partition coefficient (Wildman–Crippen LogP) is 0.780. The maximum absolute atomic E-state index is 12.5. The highest BCUT2D eigenvalue weighted by molar-refractivity contribution is 7.80. The lowest BCUT2D eigenvalue weighted by Crippen LogP contribution is -2.56. The van der Waals surface area contributed by atoms with E-state index in [-0.39, 0.29) is 18.3 Å². The van der Waals surface area contributed by atoms with Crippen molar-refractivity contribution < 1.29 is 19.5 Å². The molecule has 0 saturated heterocycles. The quantitative estimate of drug-likeness (QED) is 0.348. The maximum atomic E-state index is 12.5. The summed E-state index contributed by atoms with van der Waals surface area (Å²) in [4.78, 5) is 35.9. The summed E-state index contributed by atoms with van der Waals surface area (Å²) in [6.07, 6.45) is 1.37. The fraction of sp³-hybridized carbons (Fsp3) is 0.812. The van der Waals surface area contributed by atoms with Crippen molar-refractivity contribution in [2.45, 2.75) is 65.1 Å². The summed E-state index contributed by atoms with van der Waals surface area (Å²) < 4.78 is 0. The lowest BCUT2D eigenvalue weighted by atomic mass is 9.96. The van der Waals surface area contributed by atoms with Crippen LogP contribution in [-0.2, 0) is 14.4 Å². The van der Waals surface area contributed by atoms with E-state index in [4.69, 9.17) is 10.8 Å². The molecule has 0 heterocycles. The largest absolute Gasteiger partial charge is 0.480 e. The van der Waals surface area contributed by atoms with E-state index in [2.05, 4.69) is 23.3 Å². The van der Waals surface area contributed by atoms with Crippen molar-refractivity contribution in [2.24, 2.45) is 17.6 Å². The van der Waals surface area contributed by atoms with Gasteiger partial charge < -0.3 is 21.5 Å². The van der Waals surface area contributed by atoms with Crippen molar-refractivity contribution in [3.8, 4) is 0 Å². The molecule has 0 aromatic heterocycles. The predicted molar refractivity (Wildman–Crippen MR) is 96.9 cm³/mol. The molecule has 0 radical (unpaired) electrons. The van der Waals surface area contributed by atoms with E-state index in [9.17, 15) is 14.4 Å². The average molecular weight is 362 g/mol. The van der Waals surface area contributed by atoms with Crippen molar-refractivity contribution in [1.82, 2.24) is 10.6 Å². The Balaban J connectivity index is 5.02. The molecule has 7 nitrogen and oxygen atoms in total. The van der Waals surface area contributed by atoms with Crippen LogP contribution in [0, 0.1) is 11.8 Å². The molecule has 0 saturated carbocycles. The summed E-state index contributed by atoms with van der Waals surface area (Å²) in [5.41, 5.74) is 5.86. The van der Waals surface area contributed by atoms with Gasteiger partial charge in [-0.1, -0.05) is 34.1 Å². The summed E-state index contributed by atoms with van der Waals surface area (Å²) in [5, 5.41) is 14.3. The summed E-state index contributed by atoms with van der Waals surface area (Å²) in [6.45, 7) is 7.64. The van der Waals surface area contributed by atoms with Gasteiger partial charge in [0.2, 0.25) is 11.8 Å². The van der Waals surface area contributed by atoms with Gasteiger partial charge in [0.05, 0.1) is 6.04 Å². The second-order valence-electron chi connectivity index (χ2n) is 6.52. The Kier molecular flexibility index (Phi) is 10.7. The van der Waals surface area contributed by atoms with Gasteiger partial charge in [-0.2, -0.15) is 12.6 Å². The van der Waals surface area contributed by atoms with Gasteiger partial charge in [-0.15, -0.1) is 0 Å². The summed E-state index contributed by atoms with van der Waals surface area (Å²) >= 11 is 4.00. The highest BCUT2D eigenvalue weighted by Crippen LogP contribution is 2.10. The molecule has 5 N–H and O–H groups in total. The number of amides is 2. The Bertz CT molecular complexity index is 432. The Morgan fingerprint density at radius 2 is 1.71 bits per heavy atom. The molecular formula is C16H31N3O4S. The van der Waals surface area contributed by atoms with E-state index in [0.717, 1.165) is 0 Å². The lowest BCUT2D eigenvalue weighted by molar-refractivity contribution is -0.142. The van der Waals surface area contributed by atoms with E-state index >= 15 is 0 Å². The van der Waals surface area contributed by atoms with Crippen LogP contribution in [0.3, 0.4) is 0 Å². The SMILES string of the molecule is CC[C@H](C)[C@H](NC(=O)[C@@H](N)CC(C)C)C(=O)N[C@@H](CCS)C(=O)O. The van der Waals surface area contributed by atoms with Crippen LogP contribution < -0.4 is 16.4 Å². The Morgan fingerprint density at radius 3 is 2.12 bits per heavy atom. The fourth-order valence-corrected chi connectivity index (χ4v) is 2.48. The number of carboxylic acid groups (broad SMARTS) is 1. The molecule has 0 aromatic rings. The number of aliphatic carboxylic acids is 1. The Hall–Kier alpha value is -1.28. The number of carboxylic acids is 1. The third-order valence-electron chi connectivity index (χ3n) is 3.89. The van der Waals surface area contributed by atoms with Gasteiger partial charge in [-0.3, -0.25) is 9.59 Å². The molecular weight excluding hydrogens is 330 g/mol. The smallest absolute Gasteiger partial charge is 0.326 e. The molecule has 0 bridgehead atoms. The average Bonchev–Trinajstić information content (AvgIpc) is 2.50. The number of carbonyl (C=O) groups excluding carboxylic acids is 2. The summed E-state index contributed by atoms with van der Waals surface area (Å²) in [7, 11) is 0. The number of thiol groups is 1. The summed E-state index contributed by atoms with van der Waals surface area (Å²) in [5.74, 6) is -1.59. The normalized spacial score (nSPS) is 16.1. The van der Waals surface area contributed by atoms with Crippen molar-refractivity contribution in [3.63, 3.8) is 0 Å². The zero-order chi connectivity index (χ0) is 18.9. The highest BCUT2D eigenvalue weighted by Gasteiger charge is 2.30. The van der Waals surface area contributed by atoms with Crippen LogP contribution in [0.1, 0.15) is 47.0 Å². The van der Waals surface area contributed by atoms with Crippen LogP contribution in [0.4, 0.5) is 0 Å². The minimum atomic E-state index is -1.12. The molecule has 140 valence electrons. The number of hydrogen-bond donors (Lipinski definition) is 5. The number of nitrogens with one attached hydrogen (secondary N) is 2. The zero-order valence-corrected chi connectivity index (χ0v) is 15.8. The minimum Gasteiger partial charge on any atom is -0.480 e. The standard InChI is InChI=1S/C16H31N3O4S/c1-5-10(4)13(19-14(20)11(17)8-9(2)3)15(21)18-12(6-7-24)16(22)23/h9-13,24H,5-8,17H2,1-4H3,(H,18,21)(H,19,20)(H,22,23)/t10-,11-,12-,13-/m0/s1. The molecule has 0 spiro atoms. The maximum Gasteiger partial charge on any atom is 0.326 e. The molecule has 0 rings (SSSR count). The topological polar surface area (TPSA) is 122 Å². The van der Waals surface area contributed by atoms with E-state index in [1.807, 2.05) is 27.7 Å². The van der Waals surface area contributed by atoms with Crippen LogP contribution >= 0.6 is 12.6 Å². The van der Waals surface area contributed by atoms with Gasteiger partial charge in [-0.05, 0) is 30.4 Å². The zero-order valence-electron chi connectivity index (χ0n) is 14.9. The van der Waals surface area contributed by atoms with E-state index < -0.39 is 35.9 Å². The van der Waals surface area contributed by atoms with Gasteiger partial charge in [0, 0.05) is 0 Å². The number of nitrogens with two attached hydrogens (primary N) is 1. The minimum absolute atomic E-state index is 0.148. The second kappa shape index (κ2) is 11.3. The second-order valence-corrected chi connectivity index (χ2v) is 6.97. The lowest BCUT2D eigenvalue weighted by Gasteiger charge is -2.26. The van der Waals surface area contributed by atoms with Gasteiger partial charge in [0.1, 0.15) is 12.1 Å². The first-order chi connectivity index (χ1) is 11.1. The van der Waals surface area contributed by atoms with E-state index in [1.54, 1.807) is 0 Å². The Labute approximate surface area is 149 Å². The first-order valence-corrected chi connectivity index (χ1v) is 8.97. The number of hydrogen-bond acceptors (Lipinski definition) is 5. The van der Waals surface area contributed by atoms with Gasteiger partial charge in [-0.25, -0.2) is 4.79 Å². The van der Waals surface area contributed by atoms with E-state index in [0.29, 0.717) is 18.6 Å². The molecule has 8 heteroatoms. The Morgan fingerprint density at radius 1 is 1.12 bits per heavy atom. The first kappa shape index (κ1) is 22.7. The third-order valence-corrected chi connectivity index (χ3v) is 4.15. The molecule has 4 atom stereocenters. The van der Waals surface area contributed by atoms with Crippen LogP contribution in [0.5, 0.6) is 0 Å². The number of carbonyl (C=O) groups is 3. The molecule has 2 amide bonds. The van der Waals surface area contributed by atoms with Gasteiger partial charge in [0.15, 0.2) is 0 Å². The van der Waals surface area contributed by atoms with Crippen molar-refractivity contribution >= 4 is 30.4 Å². The molecule has 0 aliphatic heterocycles. The van der Waals surface area contributed by atoms with Gasteiger partial charge >= 0.3 is 5.97 Å². The monoisotopic (exact) mass is 361 g/mol. The molecule has 24 heavy (non-hydrogen) atoms. The molecule has 0 aliphatic carbocycles. The van der Waals surface area contributed by atoms with Crippen LogP contribution in [-0.4, -0.2) is 46.8 Å². The van der Waals surface area contributed by atoms with Crippen molar-refractivity contribution in [3.05, 3.63) is 0 Å². The van der Waals surface area contributed by atoms with Crippen LogP contribution in [0.25, 0.3) is 0 Å². The summed E-state index contributed by atoms with van der Waals surface area (Å²) in [6, 6.07) is -2.54. The third kappa shape index (κ3) is 8.01. The van der Waals surface area contributed by atoms with Crippen molar-refractivity contribution in [2.75, 3.05) is 5.75 Å². The fourth-order valence-electron chi connectivity index (χ4n) is 2.23. The molecule has 0 unspecified atom stereocenters. The first-order valence-electron chi connectivity index (χ1n) is 8.33. The highest BCUT2D eigenvalue weighted by atomic mass is 32.1. The van der Waals surface area contributed by atoms with Crippen molar-refractivity contribution in [1.29, 1.82) is 0 Å². The molecule has 0 aliphatic rings. The van der Waals surface area contributed by atoms with E-state index in [1.165, 1.54) is 0 Å². The van der Waals surface area contributed by atoms with Crippen LogP contribution in [0.2, 0.25) is 0 Å². The molecule has 0 fully saturated rings. The van der Waals surface area contributed by atoms with Gasteiger partial charge in [0.25, 0.3) is 0 Å². The number of rotatable bonds is 11. The van der Waals surface area contributed by atoms with Crippen LogP contribution in [0.15, 0.2) is 0 Å². The molecule has 0 aromatic carbocycles.